The van der Waals surface area contributed by atoms with Gasteiger partial charge in [-0.3, -0.25) is 0 Å². The summed E-state index contributed by atoms with van der Waals surface area (Å²) in [6.45, 7) is 10.3. The largest absolute Gasteiger partial charge is 0.509 e. The summed E-state index contributed by atoms with van der Waals surface area (Å²) in [6, 6.07) is 38.8. The SMILES string of the molecule is C=CCOC(COCc1ccccc1)[C@H](OCc1ccccc1)C(OCc1ccccc1)C(OCc1ccccc1)/C(O)=C/C(=O)OC(C)(C)C. The zero-order valence-corrected chi connectivity index (χ0v) is 29.8. The number of hydrogen-bond donors (Lipinski definition) is 1. The maximum absolute atomic E-state index is 13.0. The molecule has 4 aromatic carbocycles. The number of ether oxygens (including phenoxy) is 6. The summed E-state index contributed by atoms with van der Waals surface area (Å²) >= 11 is 0. The molecule has 1 N–H and O–H groups in total. The second-order valence-corrected chi connectivity index (χ2v) is 13.0. The standard InChI is InChI=1S/C43H50O8/c1-5-26-47-38(32-46-28-33-18-10-6-11-19-33)41(49-30-35-22-14-8-15-23-35)42(50-31-36-24-16-9-17-25-36)40(48-29-34-20-12-7-13-21-34)37(44)27-39(45)51-43(2,3)4/h5-25,27,38,40-42,44H,1,26,28-32H2,2-4H3/b37-27-/t38?,40?,41-,42?/m0/s1. The summed E-state index contributed by atoms with van der Waals surface area (Å²) in [5, 5.41) is 11.8. The fourth-order valence-electron chi connectivity index (χ4n) is 5.24. The predicted octanol–water partition coefficient (Wildman–Crippen LogP) is 8.31. The lowest BCUT2D eigenvalue weighted by molar-refractivity contribution is -0.194. The summed E-state index contributed by atoms with van der Waals surface area (Å²) in [5.74, 6) is -1.10. The van der Waals surface area contributed by atoms with Gasteiger partial charge in [0.05, 0.1) is 45.7 Å². The first-order valence-electron chi connectivity index (χ1n) is 17.2. The van der Waals surface area contributed by atoms with Gasteiger partial charge in [-0.05, 0) is 43.0 Å². The molecular formula is C43H50O8. The predicted molar refractivity (Wildman–Crippen MR) is 198 cm³/mol. The van der Waals surface area contributed by atoms with Crippen molar-refractivity contribution < 1.29 is 38.3 Å². The highest BCUT2D eigenvalue weighted by atomic mass is 16.6. The molecule has 0 radical (unpaired) electrons. The van der Waals surface area contributed by atoms with Gasteiger partial charge in [0, 0.05) is 0 Å². The Kier molecular flexibility index (Phi) is 16.1. The second kappa shape index (κ2) is 20.9. The van der Waals surface area contributed by atoms with Crippen LogP contribution in [0.4, 0.5) is 0 Å². The molecule has 8 heteroatoms. The van der Waals surface area contributed by atoms with Crippen LogP contribution in [0.15, 0.2) is 146 Å². The molecule has 0 aliphatic carbocycles. The van der Waals surface area contributed by atoms with Crippen molar-refractivity contribution >= 4 is 5.97 Å². The van der Waals surface area contributed by atoms with Crippen LogP contribution in [-0.4, -0.2) is 54.3 Å². The monoisotopic (exact) mass is 694 g/mol. The molecule has 270 valence electrons. The van der Waals surface area contributed by atoms with Crippen molar-refractivity contribution in [3.8, 4) is 0 Å². The van der Waals surface area contributed by atoms with Crippen LogP contribution < -0.4 is 0 Å². The number of aliphatic hydroxyl groups excluding tert-OH is 1. The molecule has 0 saturated heterocycles. The number of aliphatic hydroxyl groups is 1. The molecule has 0 fully saturated rings. The summed E-state index contributed by atoms with van der Waals surface area (Å²) < 4.78 is 38.0. The van der Waals surface area contributed by atoms with E-state index in [2.05, 4.69) is 6.58 Å². The average Bonchev–Trinajstić information content (AvgIpc) is 3.13. The molecule has 0 bridgehead atoms. The quantitative estimate of drug-likeness (QED) is 0.0403. The lowest BCUT2D eigenvalue weighted by Gasteiger charge is -2.37. The highest BCUT2D eigenvalue weighted by Gasteiger charge is 2.41. The highest BCUT2D eigenvalue weighted by Crippen LogP contribution is 2.26. The van der Waals surface area contributed by atoms with Crippen LogP contribution in [0.5, 0.6) is 0 Å². The summed E-state index contributed by atoms with van der Waals surface area (Å²) in [7, 11) is 0. The molecule has 51 heavy (non-hydrogen) atoms. The third-order valence-corrected chi connectivity index (χ3v) is 7.62. The third kappa shape index (κ3) is 14.3. The molecule has 3 unspecified atom stereocenters. The first-order valence-corrected chi connectivity index (χ1v) is 17.2. The third-order valence-electron chi connectivity index (χ3n) is 7.62. The zero-order chi connectivity index (χ0) is 36.3. The van der Waals surface area contributed by atoms with Gasteiger partial charge in [0.1, 0.15) is 35.8 Å². The van der Waals surface area contributed by atoms with Gasteiger partial charge >= 0.3 is 5.97 Å². The molecule has 0 aliphatic rings. The van der Waals surface area contributed by atoms with Crippen LogP contribution in [0, 0.1) is 0 Å². The molecule has 8 nitrogen and oxygen atoms in total. The van der Waals surface area contributed by atoms with Gasteiger partial charge in [0.25, 0.3) is 0 Å². The first kappa shape index (κ1) is 39.2. The number of carbonyl (C=O) groups excluding carboxylic acids is 1. The van der Waals surface area contributed by atoms with Crippen molar-refractivity contribution in [2.45, 2.75) is 77.2 Å². The van der Waals surface area contributed by atoms with Crippen LogP contribution in [-0.2, 0) is 59.6 Å². The molecule has 4 rings (SSSR count). The molecule has 0 saturated carbocycles. The Morgan fingerprint density at radius 3 is 1.53 bits per heavy atom. The molecule has 4 atom stereocenters. The Balaban J connectivity index is 1.77. The normalized spacial score (nSPS) is 14.3. The zero-order valence-electron chi connectivity index (χ0n) is 29.8. The van der Waals surface area contributed by atoms with Crippen molar-refractivity contribution in [3.63, 3.8) is 0 Å². The number of esters is 1. The van der Waals surface area contributed by atoms with Crippen molar-refractivity contribution in [2.24, 2.45) is 0 Å². The van der Waals surface area contributed by atoms with E-state index in [4.69, 9.17) is 28.4 Å². The van der Waals surface area contributed by atoms with E-state index in [1.165, 1.54) is 0 Å². The first-order chi connectivity index (χ1) is 24.7. The summed E-state index contributed by atoms with van der Waals surface area (Å²) in [5.41, 5.74) is 2.90. The molecule has 0 aliphatic heterocycles. The van der Waals surface area contributed by atoms with E-state index in [1.54, 1.807) is 26.8 Å². The van der Waals surface area contributed by atoms with Gasteiger partial charge in [-0.2, -0.15) is 0 Å². The van der Waals surface area contributed by atoms with Gasteiger partial charge in [0.2, 0.25) is 0 Å². The minimum Gasteiger partial charge on any atom is -0.509 e. The van der Waals surface area contributed by atoms with Crippen LogP contribution in [0.1, 0.15) is 43.0 Å². The van der Waals surface area contributed by atoms with E-state index in [0.29, 0.717) is 6.61 Å². The Morgan fingerprint density at radius 1 is 0.647 bits per heavy atom. The van der Waals surface area contributed by atoms with Crippen LogP contribution in [0.2, 0.25) is 0 Å². The molecule has 0 amide bonds. The molecule has 4 aromatic rings. The second-order valence-electron chi connectivity index (χ2n) is 13.0. The number of benzene rings is 4. The highest BCUT2D eigenvalue weighted by molar-refractivity contribution is 5.82. The fourth-order valence-corrected chi connectivity index (χ4v) is 5.24. The Morgan fingerprint density at radius 2 is 1.08 bits per heavy atom. The number of carbonyl (C=O) groups is 1. The van der Waals surface area contributed by atoms with E-state index in [9.17, 15) is 9.90 Å². The van der Waals surface area contributed by atoms with Crippen molar-refractivity contribution in [1.82, 2.24) is 0 Å². The lowest BCUT2D eigenvalue weighted by Crippen LogP contribution is -2.51. The minimum absolute atomic E-state index is 0.108. The van der Waals surface area contributed by atoms with Crippen molar-refractivity contribution in [2.75, 3.05) is 13.2 Å². The van der Waals surface area contributed by atoms with Gasteiger partial charge in [-0.1, -0.05) is 127 Å². The molecule has 0 spiro atoms. The maximum Gasteiger partial charge on any atom is 0.334 e. The maximum atomic E-state index is 13.0. The Bertz CT molecular complexity index is 1590. The van der Waals surface area contributed by atoms with E-state index >= 15 is 0 Å². The minimum atomic E-state index is -1.19. The molecule has 0 aromatic heterocycles. The van der Waals surface area contributed by atoms with Crippen LogP contribution in [0.25, 0.3) is 0 Å². The topological polar surface area (TPSA) is 92.7 Å². The Hall–Kier alpha value is -4.57. The summed E-state index contributed by atoms with van der Waals surface area (Å²) in [4.78, 5) is 13.0. The van der Waals surface area contributed by atoms with Crippen LogP contribution in [0.3, 0.4) is 0 Å². The van der Waals surface area contributed by atoms with E-state index in [0.717, 1.165) is 28.3 Å². The summed E-state index contributed by atoms with van der Waals surface area (Å²) in [6.07, 6.45) is -1.09. The van der Waals surface area contributed by atoms with Gasteiger partial charge in [-0.25, -0.2) is 4.79 Å². The van der Waals surface area contributed by atoms with Crippen LogP contribution >= 0.6 is 0 Å². The van der Waals surface area contributed by atoms with Crippen molar-refractivity contribution in [3.05, 3.63) is 168 Å². The van der Waals surface area contributed by atoms with E-state index in [1.807, 2.05) is 121 Å². The average molecular weight is 695 g/mol. The van der Waals surface area contributed by atoms with E-state index in [-0.39, 0.29) is 38.8 Å². The Labute approximate surface area is 302 Å². The smallest absolute Gasteiger partial charge is 0.334 e. The van der Waals surface area contributed by atoms with Gasteiger partial charge in [0.15, 0.2) is 0 Å². The molecule has 0 heterocycles. The van der Waals surface area contributed by atoms with Crippen molar-refractivity contribution in [1.29, 1.82) is 0 Å². The molecular weight excluding hydrogens is 644 g/mol. The van der Waals surface area contributed by atoms with Gasteiger partial charge in [-0.15, -0.1) is 6.58 Å². The number of hydrogen-bond acceptors (Lipinski definition) is 8. The fraction of sp³-hybridized carbons (Fsp3) is 0.326. The lowest BCUT2D eigenvalue weighted by atomic mass is 9.99. The van der Waals surface area contributed by atoms with Gasteiger partial charge < -0.3 is 33.5 Å². The van der Waals surface area contributed by atoms with E-state index < -0.39 is 36.0 Å². The number of rotatable bonds is 21.